The molecule has 0 saturated heterocycles. The average Bonchev–Trinajstić information content (AvgIpc) is 3.14. The highest BCUT2D eigenvalue weighted by Gasteiger charge is 2.45. The monoisotopic (exact) mass is 453 g/mol. The second kappa shape index (κ2) is 6.40. The molecule has 6 rings (SSSR count). The Kier molecular flexibility index (Phi) is 3.98. The van der Waals surface area contributed by atoms with Crippen LogP contribution in [0.15, 0.2) is 21.8 Å². The Morgan fingerprint density at radius 1 is 1.38 bits per heavy atom. The number of aliphatic hydroxyl groups is 1. The minimum Gasteiger partial charge on any atom is -0.458 e. The van der Waals surface area contributed by atoms with Gasteiger partial charge in [0.15, 0.2) is 5.60 Å². The molecule has 3 aliphatic heterocycles. The third-order valence-electron chi connectivity index (χ3n) is 6.94. The molecule has 0 spiro atoms. The summed E-state index contributed by atoms with van der Waals surface area (Å²) in [5.74, 6) is -0.502. The topological polar surface area (TPSA) is 107 Å². The van der Waals surface area contributed by atoms with Gasteiger partial charge in [-0.2, -0.15) is 0 Å². The Morgan fingerprint density at radius 3 is 2.91 bits per heavy atom. The maximum absolute atomic E-state index is 14.7. The molecule has 3 aliphatic rings. The zero-order valence-electron chi connectivity index (χ0n) is 17.5. The first-order chi connectivity index (χ1) is 15.3. The molecule has 0 bridgehead atoms. The molecule has 2 atom stereocenters. The van der Waals surface area contributed by atoms with Gasteiger partial charge in [-0.25, -0.2) is 14.2 Å². The third-order valence-corrected chi connectivity index (χ3v) is 8.26. The number of hydrogen-bond acceptors (Lipinski definition) is 7. The number of ether oxygens (including phenoxy) is 1. The SMILES string of the molecule is CC[C@@]1(O)C(=O)OCc2c1cc1n(c2=O)Cc2c-1nc1cc(F)c(C)c3c1c2[C@H](N)CS3. The minimum atomic E-state index is -1.89. The second-order valence-electron chi connectivity index (χ2n) is 8.58. The lowest BCUT2D eigenvalue weighted by molar-refractivity contribution is -0.172. The van der Waals surface area contributed by atoms with Gasteiger partial charge in [-0.3, -0.25) is 4.79 Å². The molecule has 2 aromatic heterocycles. The van der Waals surface area contributed by atoms with Crippen molar-refractivity contribution >= 4 is 28.6 Å². The van der Waals surface area contributed by atoms with E-state index in [-0.39, 0.29) is 48.1 Å². The number of aromatic nitrogens is 2. The summed E-state index contributed by atoms with van der Waals surface area (Å²) in [5, 5.41) is 11.9. The normalized spacial score (nSPS) is 23.0. The Bertz CT molecular complexity index is 1450. The number of cyclic esters (lactones) is 1. The first-order valence-electron chi connectivity index (χ1n) is 10.5. The van der Waals surface area contributed by atoms with Crippen LogP contribution in [0.1, 0.15) is 47.2 Å². The van der Waals surface area contributed by atoms with Gasteiger partial charge in [-0.1, -0.05) is 6.92 Å². The van der Waals surface area contributed by atoms with Crippen LogP contribution in [0, 0.1) is 12.7 Å². The third kappa shape index (κ3) is 2.31. The summed E-state index contributed by atoms with van der Waals surface area (Å²) in [6.07, 6.45) is 0.0704. The molecule has 3 aromatic rings. The predicted octanol–water partition coefficient (Wildman–Crippen LogP) is 2.63. The quantitative estimate of drug-likeness (QED) is 0.427. The van der Waals surface area contributed by atoms with Gasteiger partial charge in [0, 0.05) is 39.3 Å². The fourth-order valence-electron chi connectivity index (χ4n) is 5.16. The number of halogens is 1. The van der Waals surface area contributed by atoms with Crippen LogP contribution < -0.4 is 11.3 Å². The van der Waals surface area contributed by atoms with E-state index >= 15 is 0 Å². The molecule has 32 heavy (non-hydrogen) atoms. The van der Waals surface area contributed by atoms with Gasteiger partial charge in [0.2, 0.25) is 0 Å². The lowest BCUT2D eigenvalue weighted by Crippen LogP contribution is -2.44. The lowest BCUT2D eigenvalue weighted by atomic mass is 9.86. The zero-order valence-corrected chi connectivity index (χ0v) is 18.3. The molecule has 164 valence electrons. The molecule has 0 radical (unpaired) electrons. The summed E-state index contributed by atoms with van der Waals surface area (Å²) in [6, 6.07) is 2.79. The zero-order chi connectivity index (χ0) is 22.5. The second-order valence-corrected chi connectivity index (χ2v) is 9.61. The van der Waals surface area contributed by atoms with Crippen molar-refractivity contribution < 1.29 is 19.0 Å². The summed E-state index contributed by atoms with van der Waals surface area (Å²) < 4.78 is 21.4. The van der Waals surface area contributed by atoms with E-state index in [2.05, 4.69) is 0 Å². The molecule has 0 unspecified atom stereocenters. The number of thioether (sulfide) groups is 1. The van der Waals surface area contributed by atoms with Crippen LogP contribution in [-0.4, -0.2) is 26.4 Å². The summed E-state index contributed by atoms with van der Waals surface area (Å²) in [6.45, 7) is 3.51. The van der Waals surface area contributed by atoms with E-state index in [1.807, 2.05) is 0 Å². The van der Waals surface area contributed by atoms with Crippen molar-refractivity contribution in [1.29, 1.82) is 0 Å². The van der Waals surface area contributed by atoms with Gasteiger partial charge in [0.25, 0.3) is 5.56 Å². The van der Waals surface area contributed by atoms with Gasteiger partial charge >= 0.3 is 5.97 Å². The highest BCUT2D eigenvalue weighted by atomic mass is 32.2. The summed E-state index contributed by atoms with van der Waals surface area (Å²) in [4.78, 5) is 31.3. The first-order valence-corrected chi connectivity index (χ1v) is 11.5. The van der Waals surface area contributed by atoms with E-state index in [0.717, 1.165) is 21.4 Å². The van der Waals surface area contributed by atoms with Crippen molar-refractivity contribution in [2.24, 2.45) is 5.73 Å². The van der Waals surface area contributed by atoms with Crippen molar-refractivity contribution in [2.75, 3.05) is 5.75 Å². The van der Waals surface area contributed by atoms with Gasteiger partial charge in [-0.15, -0.1) is 11.8 Å². The maximum Gasteiger partial charge on any atom is 0.343 e. The minimum absolute atomic E-state index is 0.0704. The van der Waals surface area contributed by atoms with Crippen molar-refractivity contribution in [3.8, 4) is 11.4 Å². The fourth-order valence-corrected chi connectivity index (χ4v) is 6.34. The number of carbonyl (C=O) groups is 1. The number of rotatable bonds is 1. The Balaban J connectivity index is 1.70. The molecular weight excluding hydrogens is 433 g/mol. The Hall–Kier alpha value is -2.75. The molecule has 3 N–H and O–H groups in total. The molecule has 1 aromatic carbocycles. The van der Waals surface area contributed by atoms with E-state index in [9.17, 15) is 19.1 Å². The maximum atomic E-state index is 14.7. The average molecular weight is 453 g/mol. The molecule has 5 heterocycles. The number of fused-ring (bicyclic) bond motifs is 5. The molecule has 0 saturated carbocycles. The summed E-state index contributed by atoms with van der Waals surface area (Å²) in [7, 11) is 0. The number of pyridine rings is 2. The number of nitrogens with two attached hydrogens (primary N) is 1. The predicted molar refractivity (Wildman–Crippen MR) is 117 cm³/mol. The van der Waals surface area contributed by atoms with Crippen LogP contribution in [0.5, 0.6) is 0 Å². The largest absolute Gasteiger partial charge is 0.458 e. The van der Waals surface area contributed by atoms with Crippen LogP contribution in [0.3, 0.4) is 0 Å². The number of carbonyl (C=O) groups excluding carboxylic acids is 1. The van der Waals surface area contributed by atoms with E-state index in [1.165, 1.54) is 17.8 Å². The van der Waals surface area contributed by atoms with E-state index in [0.29, 0.717) is 28.2 Å². The molecule has 7 nitrogen and oxygen atoms in total. The van der Waals surface area contributed by atoms with Crippen molar-refractivity contribution in [1.82, 2.24) is 9.55 Å². The summed E-state index contributed by atoms with van der Waals surface area (Å²) in [5.41, 5.74) is 8.65. The van der Waals surface area contributed by atoms with E-state index in [1.54, 1.807) is 24.5 Å². The molecule has 9 heteroatoms. The fraction of sp³-hybridized carbons (Fsp3) is 0.348. The Morgan fingerprint density at radius 2 is 2.16 bits per heavy atom. The number of nitrogens with zero attached hydrogens (tertiary/aromatic N) is 2. The first kappa shape index (κ1) is 19.9. The molecular formula is C23H20FN3O4S. The molecule has 0 fully saturated rings. The highest BCUT2D eigenvalue weighted by Crippen LogP contribution is 2.47. The van der Waals surface area contributed by atoms with E-state index in [4.69, 9.17) is 15.5 Å². The van der Waals surface area contributed by atoms with Gasteiger partial charge in [0.1, 0.15) is 12.4 Å². The van der Waals surface area contributed by atoms with Gasteiger partial charge in [-0.05, 0) is 30.5 Å². The lowest BCUT2D eigenvalue weighted by Gasteiger charge is -2.31. The van der Waals surface area contributed by atoms with Crippen LogP contribution >= 0.6 is 11.8 Å². The van der Waals surface area contributed by atoms with Crippen LogP contribution in [0.4, 0.5) is 4.39 Å². The van der Waals surface area contributed by atoms with Crippen molar-refractivity contribution in [3.05, 3.63) is 56.1 Å². The number of benzene rings is 1. The smallest absolute Gasteiger partial charge is 0.343 e. The Labute approximate surface area is 186 Å². The van der Waals surface area contributed by atoms with Crippen LogP contribution in [-0.2, 0) is 28.3 Å². The number of hydrogen-bond donors (Lipinski definition) is 2. The van der Waals surface area contributed by atoms with E-state index < -0.39 is 11.6 Å². The highest BCUT2D eigenvalue weighted by molar-refractivity contribution is 7.99. The van der Waals surface area contributed by atoms with Crippen molar-refractivity contribution in [2.45, 2.75) is 50.0 Å². The van der Waals surface area contributed by atoms with Crippen LogP contribution in [0.25, 0.3) is 22.3 Å². The van der Waals surface area contributed by atoms with Gasteiger partial charge in [0.05, 0.1) is 29.0 Å². The molecule has 0 aliphatic carbocycles. The molecule has 0 amide bonds. The van der Waals surface area contributed by atoms with Gasteiger partial charge < -0.3 is 20.1 Å². The standard InChI is InChI=1S/C23H20FN3O4S/c1-3-23(30)12-4-16-19-10(6-27(16)21(28)11(12)7-31-22(23)29)17-14(25)8-32-20-9(2)13(24)5-15(26-19)18(17)20/h4-5,14,30H,3,6-8,25H2,1-2H3/t14-,23+/m1/s1. The summed E-state index contributed by atoms with van der Waals surface area (Å²) >= 11 is 1.53. The van der Waals surface area contributed by atoms with Crippen LogP contribution in [0.2, 0.25) is 0 Å². The van der Waals surface area contributed by atoms with Crippen molar-refractivity contribution in [3.63, 3.8) is 0 Å². The number of esters is 1.